The van der Waals surface area contributed by atoms with E-state index < -0.39 is 0 Å². The molecule has 25 heavy (non-hydrogen) atoms. The Hall–Kier alpha value is -2.26. The molecular weight excluding hydrogens is 342 g/mol. The van der Waals surface area contributed by atoms with E-state index in [0.717, 1.165) is 11.1 Å². The predicted octanol–water partition coefficient (Wildman–Crippen LogP) is 2.31. The van der Waals surface area contributed by atoms with Gasteiger partial charge >= 0.3 is 0 Å². The smallest absolute Gasteiger partial charge is 0.260 e. The molecular formula is C18H22ClN3O3. The fraction of sp³-hybridized carbons (Fsp3) is 0.500. The largest absolute Gasteiger partial charge is 0.484 e. The first-order chi connectivity index (χ1) is 11.9. The van der Waals surface area contributed by atoms with E-state index in [2.05, 4.69) is 0 Å². The highest BCUT2D eigenvalue weighted by atomic mass is 35.5. The molecule has 134 valence electrons. The van der Waals surface area contributed by atoms with Gasteiger partial charge in [0.15, 0.2) is 6.61 Å². The van der Waals surface area contributed by atoms with Crippen LogP contribution in [0, 0.1) is 25.2 Å². The molecule has 2 amide bonds. The number of carbonyl (C=O) groups is 2. The van der Waals surface area contributed by atoms with Crippen LogP contribution in [0.2, 0.25) is 5.02 Å². The molecule has 6 nitrogen and oxygen atoms in total. The summed E-state index contributed by atoms with van der Waals surface area (Å²) in [6.45, 7) is 5.80. The Morgan fingerprint density at radius 1 is 1.12 bits per heavy atom. The van der Waals surface area contributed by atoms with Crippen molar-refractivity contribution in [2.24, 2.45) is 0 Å². The van der Waals surface area contributed by atoms with Crippen LogP contribution in [0.5, 0.6) is 5.75 Å². The van der Waals surface area contributed by atoms with Gasteiger partial charge in [-0.1, -0.05) is 11.6 Å². The quantitative estimate of drug-likeness (QED) is 0.822. The second-order valence-electron chi connectivity index (χ2n) is 6.11. The van der Waals surface area contributed by atoms with Gasteiger partial charge in [0.2, 0.25) is 5.91 Å². The van der Waals surface area contributed by atoms with E-state index in [9.17, 15) is 9.59 Å². The molecule has 0 aromatic heterocycles. The van der Waals surface area contributed by atoms with Gasteiger partial charge in [-0.2, -0.15) is 5.26 Å². The van der Waals surface area contributed by atoms with Gasteiger partial charge in [-0.25, -0.2) is 0 Å². The maximum absolute atomic E-state index is 12.4. The minimum absolute atomic E-state index is 0.0490. The van der Waals surface area contributed by atoms with Gasteiger partial charge in [-0.3, -0.25) is 9.59 Å². The number of ether oxygens (including phenoxy) is 1. The molecule has 0 saturated carbocycles. The molecule has 1 aliphatic rings. The highest BCUT2D eigenvalue weighted by molar-refractivity contribution is 6.32. The van der Waals surface area contributed by atoms with Gasteiger partial charge < -0.3 is 14.5 Å². The topological polar surface area (TPSA) is 73.6 Å². The molecule has 7 heteroatoms. The first-order valence-corrected chi connectivity index (χ1v) is 8.62. The van der Waals surface area contributed by atoms with Crippen LogP contribution in [0.4, 0.5) is 0 Å². The van der Waals surface area contributed by atoms with Gasteiger partial charge in [-0.05, 0) is 43.5 Å². The van der Waals surface area contributed by atoms with Crippen molar-refractivity contribution in [3.8, 4) is 11.8 Å². The van der Waals surface area contributed by atoms with E-state index in [1.807, 2.05) is 32.0 Å². The lowest BCUT2D eigenvalue weighted by Crippen LogP contribution is -2.39. The third-order valence-corrected chi connectivity index (χ3v) is 4.80. The van der Waals surface area contributed by atoms with Crippen LogP contribution in [0.25, 0.3) is 0 Å². The molecule has 0 unspecified atom stereocenters. The molecule has 1 fully saturated rings. The molecule has 0 N–H and O–H groups in total. The number of aryl methyl sites for hydroxylation is 2. The Balaban J connectivity index is 1.89. The zero-order chi connectivity index (χ0) is 18.4. The SMILES string of the molecule is Cc1cc(OCC(=O)N2CCCN(C(=O)CC#N)CC2)cc(C)c1Cl. The summed E-state index contributed by atoms with van der Waals surface area (Å²) >= 11 is 6.13. The number of nitrogens with zero attached hydrogens (tertiary/aromatic N) is 3. The standard InChI is InChI=1S/C18H22ClN3O3/c1-13-10-15(11-14(2)18(13)19)25-12-17(24)22-7-3-6-21(8-9-22)16(23)4-5-20/h10-11H,3-4,6-9,12H2,1-2H3. The van der Waals surface area contributed by atoms with Crippen molar-refractivity contribution in [1.29, 1.82) is 5.26 Å². The maximum atomic E-state index is 12.4. The van der Waals surface area contributed by atoms with E-state index in [1.54, 1.807) is 9.80 Å². The van der Waals surface area contributed by atoms with Crippen molar-refractivity contribution in [1.82, 2.24) is 9.80 Å². The van der Waals surface area contributed by atoms with E-state index in [0.29, 0.717) is 43.4 Å². The zero-order valence-electron chi connectivity index (χ0n) is 14.5. The fourth-order valence-corrected chi connectivity index (χ4v) is 2.93. The number of hydrogen-bond donors (Lipinski definition) is 0. The summed E-state index contributed by atoms with van der Waals surface area (Å²) in [4.78, 5) is 27.5. The third kappa shape index (κ3) is 5.10. The Labute approximate surface area is 152 Å². The van der Waals surface area contributed by atoms with Crippen LogP contribution >= 0.6 is 11.6 Å². The summed E-state index contributed by atoms with van der Waals surface area (Å²) in [6.07, 6.45) is 0.578. The van der Waals surface area contributed by atoms with Crippen LogP contribution in [-0.2, 0) is 9.59 Å². The van der Waals surface area contributed by atoms with Crippen molar-refractivity contribution in [2.75, 3.05) is 32.8 Å². The molecule has 0 aliphatic carbocycles. The second-order valence-corrected chi connectivity index (χ2v) is 6.49. The lowest BCUT2D eigenvalue weighted by Gasteiger charge is -2.22. The third-order valence-electron chi connectivity index (χ3n) is 4.20. The lowest BCUT2D eigenvalue weighted by atomic mass is 10.1. The van der Waals surface area contributed by atoms with Crippen LogP contribution in [0.15, 0.2) is 12.1 Å². The minimum Gasteiger partial charge on any atom is -0.484 e. The normalized spacial score (nSPS) is 14.6. The minimum atomic E-state index is -0.180. The molecule has 1 aliphatic heterocycles. The number of rotatable bonds is 4. The van der Waals surface area contributed by atoms with Gasteiger partial charge in [0.1, 0.15) is 12.2 Å². The number of benzene rings is 1. The summed E-state index contributed by atoms with van der Waals surface area (Å²) in [5, 5.41) is 9.33. The van der Waals surface area contributed by atoms with E-state index in [1.165, 1.54) is 0 Å². The first-order valence-electron chi connectivity index (χ1n) is 8.24. The molecule has 0 spiro atoms. The maximum Gasteiger partial charge on any atom is 0.260 e. The van der Waals surface area contributed by atoms with Crippen molar-refractivity contribution < 1.29 is 14.3 Å². The highest BCUT2D eigenvalue weighted by Gasteiger charge is 2.22. The first kappa shape index (κ1) is 19.1. The summed E-state index contributed by atoms with van der Waals surface area (Å²) in [5.41, 5.74) is 1.82. The summed E-state index contributed by atoms with van der Waals surface area (Å²) in [5.74, 6) is 0.327. The van der Waals surface area contributed by atoms with E-state index in [-0.39, 0.29) is 24.8 Å². The van der Waals surface area contributed by atoms with Gasteiger partial charge in [-0.15, -0.1) is 0 Å². The van der Waals surface area contributed by atoms with Crippen molar-refractivity contribution in [3.63, 3.8) is 0 Å². The Kier molecular flexibility index (Phi) is 6.65. The number of carbonyl (C=O) groups excluding carboxylic acids is 2. The number of halogens is 1. The van der Waals surface area contributed by atoms with Crippen molar-refractivity contribution >= 4 is 23.4 Å². The van der Waals surface area contributed by atoms with Gasteiger partial charge in [0.05, 0.1) is 6.07 Å². The van der Waals surface area contributed by atoms with Crippen LogP contribution in [0.1, 0.15) is 24.0 Å². The number of hydrogen-bond acceptors (Lipinski definition) is 4. The Morgan fingerprint density at radius 3 is 2.24 bits per heavy atom. The number of amides is 2. The highest BCUT2D eigenvalue weighted by Crippen LogP contribution is 2.25. The van der Waals surface area contributed by atoms with E-state index >= 15 is 0 Å². The average Bonchev–Trinajstić information content (AvgIpc) is 2.84. The molecule has 0 bridgehead atoms. The molecule has 0 radical (unpaired) electrons. The summed E-state index contributed by atoms with van der Waals surface area (Å²) in [6, 6.07) is 5.50. The van der Waals surface area contributed by atoms with Crippen molar-refractivity contribution in [3.05, 3.63) is 28.3 Å². The van der Waals surface area contributed by atoms with Gasteiger partial charge in [0.25, 0.3) is 5.91 Å². The summed E-state index contributed by atoms with van der Waals surface area (Å²) < 4.78 is 5.62. The van der Waals surface area contributed by atoms with Crippen LogP contribution in [0.3, 0.4) is 0 Å². The average molecular weight is 364 g/mol. The lowest BCUT2D eigenvalue weighted by molar-refractivity contribution is -0.134. The zero-order valence-corrected chi connectivity index (χ0v) is 15.3. The van der Waals surface area contributed by atoms with Crippen LogP contribution < -0.4 is 4.74 Å². The molecule has 1 saturated heterocycles. The number of nitriles is 1. The summed E-state index contributed by atoms with van der Waals surface area (Å²) in [7, 11) is 0. The molecule has 0 atom stereocenters. The van der Waals surface area contributed by atoms with Gasteiger partial charge in [0, 0.05) is 31.2 Å². The Bertz CT molecular complexity index is 676. The molecule has 1 aromatic rings. The molecule has 1 heterocycles. The monoisotopic (exact) mass is 363 g/mol. The molecule has 2 rings (SSSR count). The predicted molar refractivity (Wildman–Crippen MR) is 94.4 cm³/mol. The fourth-order valence-electron chi connectivity index (χ4n) is 2.82. The Morgan fingerprint density at radius 2 is 1.68 bits per heavy atom. The second kappa shape index (κ2) is 8.72. The molecule has 1 aromatic carbocycles. The van der Waals surface area contributed by atoms with E-state index in [4.69, 9.17) is 21.6 Å². The van der Waals surface area contributed by atoms with Crippen molar-refractivity contribution in [2.45, 2.75) is 26.7 Å². The van der Waals surface area contributed by atoms with Crippen LogP contribution in [-0.4, -0.2) is 54.4 Å².